The van der Waals surface area contributed by atoms with Gasteiger partial charge in [0.2, 0.25) is 10.0 Å². The maximum Gasteiger partial charge on any atom is 0.252 e. The Morgan fingerprint density at radius 3 is 2.67 bits per heavy atom. The molecule has 0 saturated carbocycles. The van der Waals surface area contributed by atoms with Crippen molar-refractivity contribution in [3.05, 3.63) is 28.2 Å². The van der Waals surface area contributed by atoms with E-state index >= 15 is 0 Å². The lowest BCUT2D eigenvalue weighted by atomic mass is 10.2. The molecule has 5 N–H and O–H groups in total. The Morgan fingerprint density at radius 1 is 1.39 bits per heavy atom. The number of benzene rings is 1. The Kier molecular flexibility index (Phi) is 5.12. The molecule has 6 nitrogen and oxygen atoms in total. The van der Waals surface area contributed by atoms with Gasteiger partial charge in [0.25, 0.3) is 5.91 Å². The van der Waals surface area contributed by atoms with E-state index in [1.54, 1.807) is 18.2 Å². The molecule has 0 heterocycles. The summed E-state index contributed by atoms with van der Waals surface area (Å²) in [5.74, 6) is -0.477. The van der Waals surface area contributed by atoms with Crippen molar-refractivity contribution in [3.8, 4) is 0 Å². The Morgan fingerprint density at radius 2 is 2.06 bits per heavy atom. The number of nitrogens with one attached hydrogen (secondary N) is 1. The Balaban J connectivity index is 2.53. The van der Waals surface area contributed by atoms with Crippen LogP contribution in [0.5, 0.6) is 0 Å². The number of amides is 1. The van der Waals surface area contributed by atoms with Gasteiger partial charge in [-0.2, -0.15) is 0 Å². The average molecular weight is 336 g/mol. The highest BCUT2D eigenvalue weighted by Gasteiger charge is 2.10. The first-order valence-electron chi connectivity index (χ1n) is 5.13. The Bertz CT molecular complexity index is 545. The van der Waals surface area contributed by atoms with Crippen molar-refractivity contribution >= 4 is 37.5 Å². The molecule has 0 fully saturated rings. The van der Waals surface area contributed by atoms with E-state index in [4.69, 9.17) is 10.9 Å². The summed E-state index contributed by atoms with van der Waals surface area (Å²) in [5.41, 5.74) is 6.47. The average Bonchev–Trinajstić information content (AvgIpc) is 2.26. The van der Waals surface area contributed by atoms with Crippen molar-refractivity contribution in [1.29, 1.82) is 0 Å². The van der Waals surface area contributed by atoms with E-state index in [1.807, 2.05) is 0 Å². The third kappa shape index (κ3) is 5.03. The number of sulfonamides is 1. The number of hydrogen-bond acceptors (Lipinski definition) is 4. The Hall–Kier alpha value is -1.12. The van der Waals surface area contributed by atoms with Crippen LogP contribution in [0, 0.1) is 0 Å². The lowest BCUT2D eigenvalue weighted by molar-refractivity contribution is 0.0953. The molecule has 1 aromatic rings. The Labute approximate surface area is 114 Å². The van der Waals surface area contributed by atoms with Gasteiger partial charge in [-0.1, -0.05) is 0 Å². The van der Waals surface area contributed by atoms with Crippen LogP contribution < -0.4 is 16.2 Å². The monoisotopic (exact) mass is 335 g/mol. The fourth-order valence-electron chi connectivity index (χ4n) is 1.29. The number of halogens is 1. The minimum Gasteiger partial charge on any atom is -0.399 e. The molecule has 1 rings (SSSR count). The summed E-state index contributed by atoms with van der Waals surface area (Å²) in [5, 5.41) is 7.44. The molecule has 8 heteroatoms. The molecule has 0 unspecified atom stereocenters. The topological polar surface area (TPSA) is 115 Å². The molecule has 18 heavy (non-hydrogen) atoms. The third-order valence-electron chi connectivity index (χ3n) is 2.13. The second-order valence-corrected chi connectivity index (χ2v) is 6.30. The van der Waals surface area contributed by atoms with Crippen LogP contribution in [0.15, 0.2) is 22.7 Å². The van der Waals surface area contributed by atoms with Crippen LogP contribution in [0.3, 0.4) is 0 Å². The summed E-state index contributed by atoms with van der Waals surface area (Å²) in [6, 6.07) is 4.88. The molecule has 0 aromatic heterocycles. The quantitative estimate of drug-likeness (QED) is 0.534. The maximum atomic E-state index is 11.8. The van der Waals surface area contributed by atoms with E-state index < -0.39 is 10.0 Å². The van der Waals surface area contributed by atoms with Crippen LogP contribution in [-0.2, 0) is 10.0 Å². The SMILES string of the molecule is Nc1ccc(Br)c(C(=O)NCCCS(N)(=O)=O)c1. The zero-order valence-electron chi connectivity index (χ0n) is 9.52. The fraction of sp³-hybridized carbons (Fsp3) is 0.300. The third-order valence-corrected chi connectivity index (χ3v) is 3.68. The molecule has 0 aliphatic rings. The smallest absolute Gasteiger partial charge is 0.252 e. The number of anilines is 1. The van der Waals surface area contributed by atoms with Gasteiger partial charge in [0.15, 0.2) is 0 Å². The second kappa shape index (κ2) is 6.17. The summed E-state index contributed by atoms with van der Waals surface area (Å²) < 4.78 is 22.0. The van der Waals surface area contributed by atoms with Gasteiger partial charge in [0.1, 0.15) is 0 Å². The van der Waals surface area contributed by atoms with Gasteiger partial charge in [0.05, 0.1) is 11.3 Å². The zero-order chi connectivity index (χ0) is 13.8. The zero-order valence-corrected chi connectivity index (χ0v) is 11.9. The van der Waals surface area contributed by atoms with Crippen LogP contribution in [-0.4, -0.2) is 26.6 Å². The molecule has 0 radical (unpaired) electrons. The van der Waals surface area contributed by atoms with E-state index in [1.165, 1.54) is 0 Å². The van der Waals surface area contributed by atoms with Gasteiger partial charge < -0.3 is 11.1 Å². The van der Waals surface area contributed by atoms with E-state index in [9.17, 15) is 13.2 Å². The molecule has 0 aliphatic heterocycles. The normalized spacial score (nSPS) is 11.2. The first-order chi connectivity index (χ1) is 8.29. The molecule has 1 aromatic carbocycles. The lowest BCUT2D eigenvalue weighted by Gasteiger charge is -2.07. The number of primary sulfonamides is 1. The predicted octanol–water partition coefficient (Wildman–Crippen LogP) is 0.440. The van der Waals surface area contributed by atoms with E-state index in [-0.39, 0.29) is 24.6 Å². The minimum absolute atomic E-state index is 0.161. The molecule has 0 aliphatic carbocycles. The number of hydrogen-bond donors (Lipinski definition) is 3. The molecule has 0 spiro atoms. The largest absolute Gasteiger partial charge is 0.399 e. The van der Waals surface area contributed by atoms with Crippen molar-refractivity contribution in [2.75, 3.05) is 18.0 Å². The molecule has 0 bridgehead atoms. The standard InChI is InChI=1S/C10H14BrN3O3S/c11-9-3-2-7(12)6-8(9)10(15)14-4-1-5-18(13,16)17/h2-3,6H,1,4-5,12H2,(H,14,15)(H2,13,16,17). The number of nitrogen functional groups attached to an aromatic ring is 1. The van der Waals surface area contributed by atoms with E-state index in [2.05, 4.69) is 21.2 Å². The van der Waals surface area contributed by atoms with Crippen molar-refractivity contribution in [2.24, 2.45) is 5.14 Å². The van der Waals surface area contributed by atoms with Gasteiger partial charge in [-0.15, -0.1) is 0 Å². The first kappa shape index (κ1) is 14.9. The fourth-order valence-corrected chi connectivity index (χ4v) is 2.26. The molecular formula is C10H14BrN3O3S. The maximum absolute atomic E-state index is 11.8. The van der Waals surface area contributed by atoms with E-state index in [0.717, 1.165) is 0 Å². The van der Waals surface area contributed by atoms with Crippen molar-refractivity contribution in [2.45, 2.75) is 6.42 Å². The minimum atomic E-state index is -3.48. The lowest BCUT2D eigenvalue weighted by Crippen LogP contribution is -2.27. The summed E-state index contributed by atoms with van der Waals surface area (Å²) >= 11 is 3.24. The van der Waals surface area contributed by atoms with Crippen molar-refractivity contribution in [1.82, 2.24) is 5.32 Å². The second-order valence-electron chi connectivity index (χ2n) is 3.72. The molecule has 1 amide bonds. The van der Waals surface area contributed by atoms with Gasteiger partial charge in [-0.3, -0.25) is 4.79 Å². The van der Waals surface area contributed by atoms with Crippen LogP contribution in [0.4, 0.5) is 5.69 Å². The van der Waals surface area contributed by atoms with Crippen molar-refractivity contribution in [3.63, 3.8) is 0 Å². The van der Waals surface area contributed by atoms with Crippen LogP contribution in [0.25, 0.3) is 0 Å². The first-order valence-corrected chi connectivity index (χ1v) is 7.64. The number of rotatable bonds is 5. The van der Waals surface area contributed by atoms with Gasteiger partial charge >= 0.3 is 0 Å². The van der Waals surface area contributed by atoms with Crippen molar-refractivity contribution < 1.29 is 13.2 Å². The summed E-state index contributed by atoms with van der Waals surface area (Å²) in [6.45, 7) is 0.233. The van der Waals surface area contributed by atoms with Gasteiger partial charge in [0, 0.05) is 16.7 Å². The van der Waals surface area contributed by atoms with E-state index in [0.29, 0.717) is 15.7 Å². The highest BCUT2D eigenvalue weighted by molar-refractivity contribution is 9.10. The van der Waals surface area contributed by atoms with Crippen LogP contribution in [0.1, 0.15) is 16.8 Å². The van der Waals surface area contributed by atoms with Crippen LogP contribution in [0.2, 0.25) is 0 Å². The molecular weight excluding hydrogens is 322 g/mol. The summed E-state index contributed by atoms with van der Waals surface area (Å²) in [7, 11) is -3.48. The molecule has 0 saturated heterocycles. The van der Waals surface area contributed by atoms with Crippen LogP contribution >= 0.6 is 15.9 Å². The summed E-state index contributed by atoms with van der Waals surface area (Å²) in [6.07, 6.45) is 0.268. The molecule has 0 atom stereocenters. The molecule has 100 valence electrons. The highest BCUT2D eigenvalue weighted by Crippen LogP contribution is 2.19. The number of carbonyl (C=O) groups excluding carboxylic acids is 1. The number of carbonyl (C=O) groups is 1. The summed E-state index contributed by atoms with van der Waals surface area (Å²) in [4.78, 5) is 11.8. The predicted molar refractivity (Wildman–Crippen MR) is 73.5 cm³/mol. The van der Waals surface area contributed by atoms with Gasteiger partial charge in [-0.05, 0) is 40.5 Å². The van der Waals surface area contributed by atoms with Gasteiger partial charge in [-0.25, -0.2) is 13.6 Å². The highest BCUT2D eigenvalue weighted by atomic mass is 79.9. The number of nitrogens with two attached hydrogens (primary N) is 2.